The molecule has 0 saturated heterocycles. The summed E-state index contributed by atoms with van der Waals surface area (Å²) in [4.78, 5) is 11.9. The fraction of sp³-hybridized carbons (Fsp3) is 0.667. The molecule has 0 rings (SSSR count). The van der Waals surface area contributed by atoms with Gasteiger partial charge in [-0.15, -0.1) is 0 Å². The maximum atomic E-state index is 11.5. The standard InChI is InChI=1S/C3H2F5NO2/c4-2(5,6)3(7,8)11-9-1-10/h1H,(H,9,10). The van der Waals surface area contributed by atoms with E-state index in [1.807, 2.05) is 0 Å². The maximum Gasteiger partial charge on any atom is 0.485 e. The van der Waals surface area contributed by atoms with Crippen molar-refractivity contribution in [3.8, 4) is 0 Å². The lowest BCUT2D eigenvalue weighted by Crippen LogP contribution is -2.42. The number of amides is 1. The van der Waals surface area contributed by atoms with Gasteiger partial charge in [0.1, 0.15) is 0 Å². The fourth-order valence-electron chi connectivity index (χ4n) is 0.156. The molecule has 0 bridgehead atoms. The van der Waals surface area contributed by atoms with Crippen molar-refractivity contribution in [1.82, 2.24) is 5.48 Å². The zero-order valence-corrected chi connectivity index (χ0v) is 4.78. The van der Waals surface area contributed by atoms with E-state index < -0.39 is 18.7 Å². The monoisotopic (exact) mass is 179 g/mol. The van der Waals surface area contributed by atoms with E-state index in [1.165, 1.54) is 0 Å². The van der Waals surface area contributed by atoms with Gasteiger partial charge in [0, 0.05) is 0 Å². The van der Waals surface area contributed by atoms with Gasteiger partial charge in [-0.2, -0.15) is 26.8 Å². The van der Waals surface area contributed by atoms with Crippen molar-refractivity contribution in [2.45, 2.75) is 12.3 Å². The molecule has 3 nitrogen and oxygen atoms in total. The van der Waals surface area contributed by atoms with E-state index >= 15 is 0 Å². The quantitative estimate of drug-likeness (QED) is 0.395. The molecule has 0 atom stereocenters. The molecular formula is C3H2F5NO2. The van der Waals surface area contributed by atoms with E-state index in [0.29, 0.717) is 0 Å². The normalized spacial score (nSPS) is 12.8. The molecule has 0 aromatic heterocycles. The minimum Gasteiger partial charge on any atom is -0.277 e. The second-order valence-corrected chi connectivity index (χ2v) is 1.35. The van der Waals surface area contributed by atoms with Gasteiger partial charge in [0.15, 0.2) is 0 Å². The summed E-state index contributed by atoms with van der Waals surface area (Å²) in [7, 11) is 0. The summed E-state index contributed by atoms with van der Waals surface area (Å²) in [6, 6.07) is 0. The van der Waals surface area contributed by atoms with Crippen LogP contribution in [0.2, 0.25) is 0 Å². The SMILES string of the molecule is O=CNOC(F)(F)C(F)(F)F. The van der Waals surface area contributed by atoms with Gasteiger partial charge in [-0.25, -0.2) is 5.48 Å². The van der Waals surface area contributed by atoms with Gasteiger partial charge in [-0.3, -0.25) is 4.79 Å². The highest BCUT2D eigenvalue weighted by molar-refractivity contribution is 5.43. The van der Waals surface area contributed by atoms with Crippen LogP contribution in [-0.4, -0.2) is 18.7 Å². The third kappa shape index (κ3) is 2.66. The Balaban J connectivity index is 4.10. The van der Waals surface area contributed by atoms with Crippen molar-refractivity contribution in [3.05, 3.63) is 0 Å². The first kappa shape index (κ1) is 10.1. The lowest BCUT2D eigenvalue weighted by molar-refractivity contribution is -0.403. The van der Waals surface area contributed by atoms with Crippen LogP contribution >= 0.6 is 0 Å². The number of carbonyl (C=O) groups excluding carboxylic acids is 1. The summed E-state index contributed by atoms with van der Waals surface area (Å²) in [6.45, 7) is 0. The minimum absolute atomic E-state index is 0.445. The van der Waals surface area contributed by atoms with Crippen molar-refractivity contribution < 1.29 is 31.6 Å². The molecule has 11 heavy (non-hydrogen) atoms. The second kappa shape index (κ2) is 2.99. The predicted molar refractivity (Wildman–Crippen MR) is 21.3 cm³/mol. The van der Waals surface area contributed by atoms with Gasteiger partial charge >= 0.3 is 12.3 Å². The molecule has 1 amide bonds. The first-order chi connectivity index (χ1) is 4.81. The van der Waals surface area contributed by atoms with E-state index in [-0.39, 0.29) is 0 Å². The Hall–Kier alpha value is -0.920. The Kier molecular flexibility index (Phi) is 2.74. The van der Waals surface area contributed by atoms with Crippen LogP contribution in [0.25, 0.3) is 0 Å². The molecule has 0 spiro atoms. The van der Waals surface area contributed by atoms with Gasteiger partial charge in [0.05, 0.1) is 0 Å². The van der Waals surface area contributed by atoms with Gasteiger partial charge < -0.3 is 0 Å². The van der Waals surface area contributed by atoms with Crippen LogP contribution in [0.4, 0.5) is 22.0 Å². The number of alkyl halides is 5. The first-order valence-corrected chi connectivity index (χ1v) is 2.13. The van der Waals surface area contributed by atoms with Crippen LogP contribution in [0.15, 0.2) is 0 Å². The highest BCUT2D eigenvalue weighted by atomic mass is 19.4. The van der Waals surface area contributed by atoms with Gasteiger partial charge in [-0.05, 0) is 0 Å². The third-order valence-electron chi connectivity index (χ3n) is 0.565. The third-order valence-corrected chi connectivity index (χ3v) is 0.565. The second-order valence-electron chi connectivity index (χ2n) is 1.35. The molecule has 0 aliphatic carbocycles. The predicted octanol–water partition coefficient (Wildman–Crippen LogP) is 0.819. The summed E-state index contributed by atoms with van der Waals surface area (Å²) < 4.78 is 56.5. The van der Waals surface area contributed by atoms with Crippen LogP contribution in [0.1, 0.15) is 0 Å². The largest absolute Gasteiger partial charge is 0.485 e. The molecule has 0 radical (unpaired) electrons. The van der Waals surface area contributed by atoms with Crippen LogP contribution in [0.5, 0.6) is 0 Å². The van der Waals surface area contributed by atoms with Crippen molar-refractivity contribution >= 4 is 6.41 Å². The van der Waals surface area contributed by atoms with Gasteiger partial charge in [0.2, 0.25) is 6.41 Å². The molecule has 0 saturated carbocycles. The summed E-state index contributed by atoms with van der Waals surface area (Å²) in [5, 5.41) is 0. The Labute approximate surface area is 57.1 Å². The molecule has 0 aromatic rings. The van der Waals surface area contributed by atoms with Crippen LogP contribution < -0.4 is 5.48 Å². The zero-order valence-electron chi connectivity index (χ0n) is 4.78. The van der Waals surface area contributed by atoms with E-state index in [2.05, 4.69) is 4.84 Å². The summed E-state index contributed by atoms with van der Waals surface area (Å²) in [6.07, 6.45) is -11.6. The topological polar surface area (TPSA) is 38.3 Å². The number of halogens is 5. The average molecular weight is 179 g/mol. The number of carbonyl (C=O) groups is 1. The highest BCUT2D eigenvalue weighted by Crippen LogP contribution is 2.35. The van der Waals surface area contributed by atoms with Gasteiger partial charge in [0.25, 0.3) is 0 Å². The summed E-state index contributed by atoms with van der Waals surface area (Å²) in [5.41, 5.74) is 0.745. The fourth-order valence-corrected chi connectivity index (χ4v) is 0.156. The van der Waals surface area contributed by atoms with Crippen molar-refractivity contribution in [1.29, 1.82) is 0 Å². The van der Waals surface area contributed by atoms with Crippen LogP contribution in [0, 0.1) is 0 Å². The molecule has 8 heteroatoms. The Morgan fingerprint density at radius 1 is 1.18 bits per heavy atom. The van der Waals surface area contributed by atoms with E-state index in [9.17, 15) is 26.7 Å². The van der Waals surface area contributed by atoms with Crippen molar-refractivity contribution in [3.63, 3.8) is 0 Å². The van der Waals surface area contributed by atoms with Crippen molar-refractivity contribution in [2.24, 2.45) is 0 Å². The van der Waals surface area contributed by atoms with Crippen LogP contribution in [-0.2, 0) is 9.63 Å². The molecule has 1 N–H and O–H groups in total. The number of hydrogen-bond acceptors (Lipinski definition) is 2. The molecule has 0 unspecified atom stereocenters. The smallest absolute Gasteiger partial charge is 0.277 e. The molecule has 0 heterocycles. The molecule has 0 aliphatic rings. The van der Waals surface area contributed by atoms with E-state index in [4.69, 9.17) is 0 Å². The lowest BCUT2D eigenvalue weighted by Gasteiger charge is -2.17. The Morgan fingerprint density at radius 3 is 1.91 bits per heavy atom. The number of hydroxylamine groups is 1. The van der Waals surface area contributed by atoms with E-state index in [0.717, 1.165) is 5.48 Å². The Morgan fingerprint density at radius 2 is 1.64 bits per heavy atom. The molecular weight excluding hydrogens is 177 g/mol. The van der Waals surface area contributed by atoms with Crippen LogP contribution in [0.3, 0.4) is 0 Å². The number of hydrogen-bond donors (Lipinski definition) is 1. The molecule has 66 valence electrons. The number of nitrogens with one attached hydrogen (secondary N) is 1. The lowest BCUT2D eigenvalue weighted by atomic mass is 10.6. The highest BCUT2D eigenvalue weighted by Gasteiger charge is 2.60. The molecule has 0 aromatic carbocycles. The first-order valence-electron chi connectivity index (χ1n) is 2.13. The molecule has 0 aliphatic heterocycles. The number of rotatable bonds is 3. The zero-order chi connectivity index (χ0) is 9.12. The van der Waals surface area contributed by atoms with E-state index in [1.54, 1.807) is 0 Å². The minimum atomic E-state index is -5.83. The van der Waals surface area contributed by atoms with Gasteiger partial charge in [-0.1, -0.05) is 0 Å². The molecule has 0 fully saturated rings. The Bertz CT molecular complexity index is 143. The maximum absolute atomic E-state index is 11.5. The summed E-state index contributed by atoms with van der Waals surface area (Å²) in [5.74, 6) is 0. The van der Waals surface area contributed by atoms with Crippen molar-refractivity contribution in [2.75, 3.05) is 0 Å². The summed E-state index contributed by atoms with van der Waals surface area (Å²) >= 11 is 0. The average Bonchev–Trinajstić information content (AvgIpc) is 1.81.